The van der Waals surface area contributed by atoms with Crippen LogP contribution in [-0.4, -0.2) is 18.3 Å². The monoisotopic (exact) mass is 213 g/mol. The van der Waals surface area contributed by atoms with Gasteiger partial charge in [0.15, 0.2) is 0 Å². The topological polar surface area (TPSA) is 46.2 Å². The maximum Gasteiger partial charge on any atom is 0.0505 e. The van der Waals surface area contributed by atoms with E-state index in [-0.39, 0.29) is 24.4 Å². The molecule has 1 aromatic rings. The Morgan fingerprint density at radius 2 is 1.71 bits per heavy atom. The third-order valence-corrected chi connectivity index (χ3v) is 3.02. The summed E-state index contributed by atoms with van der Waals surface area (Å²) in [6.07, 6.45) is 1.85. The molecule has 3 N–H and O–H groups in total. The van der Waals surface area contributed by atoms with Gasteiger partial charge in [-0.1, -0.05) is 24.3 Å². The van der Waals surface area contributed by atoms with Gasteiger partial charge in [-0.25, -0.2) is 0 Å². The minimum absolute atomic E-state index is 0. The lowest BCUT2D eigenvalue weighted by molar-refractivity contribution is 0.141. The van der Waals surface area contributed by atoms with Gasteiger partial charge in [-0.2, -0.15) is 0 Å². The van der Waals surface area contributed by atoms with Crippen LogP contribution in [0, 0.1) is 5.41 Å². The van der Waals surface area contributed by atoms with Crippen molar-refractivity contribution < 1.29 is 5.11 Å². The average molecular weight is 214 g/mol. The molecule has 1 aliphatic carbocycles. The van der Waals surface area contributed by atoms with Gasteiger partial charge in [-0.15, -0.1) is 12.4 Å². The molecule has 0 spiro atoms. The first-order valence-corrected chi connectivity index (χ1v) is 4.67. The number of hydrogen-bond donors (Lipinski definition) is 2. The molecule has 1 aromatic carbocycles. The third-order valence-electron chi connectivity index (χ3n) is 3.02. The number of aliphatic hydroxyl groups is 1. The zero-order valence-corrected chi connectivity index (χ0v) is 8.89. The number of nitrogens with two attached hydrogens (primary N) is 1. The summed E-state index contributed by atoms with van der Waals surface area (Å²) >= 11 is 0. The van der Waals surface area contributed by atoms with E-state index in [0.717, 1.165) is 12.8 Å². The summed E-state index contributed by atoms with van der Waals surface area (Å²) in [4.78, 5) is 0. The average Bonchev–Trinajstić information content (AvgIpc) is 2.57. The summed E-state index contributed by atoms with van der Waals surface area (Å²) in [5.74, 6) is 0. The van der Waals surface area contributed by atoms with Crippen molar-refractivity contribution in [3.8, 4) is 0 Å². The predicted molar refractivity (Wildman–Crippen MR) is 59.7 cm³/mol. The highest BCUT2D eigenvalue weighted by Gasteiger charge is 2.34. The predicted octanol–water partition coefficient (Wildman–Crippen LogP) is 1.14. The van der Waals surface area contributed by atoms with E-state index in [1.54, 1.807) is 0 Å². The molecular weight excluding hydrogens is 198 g/mol. The van der Waals surface area contributed by atoms with Crippen LogP contribution in [0.3, 0.4) is 0 Å². The van der Waals surface area contributed by atoms with E-state index in [0.29, 0.717) is 6.54 Å². The van der Waals surface area contributed by atoms with Crippen molar-refractivity contribution in [2.75, 3.05) is 13.2 Å². The number of benzene rings is 1. The molecule has 0 bridgehead atoms. The van der Waals surface area contributed by atoms with Crippen molar-refractivity contribution >= 4 is 12.4 Å². The molecule has 0 saturated carbocycles. The Bertz CT molecular complexity index is 283. The summed E-state index contributed by atoms with van der Waals surface area (Å²) in [7, 11) is 0. The molecule has 0 atom stereocenters. The van der Waals surface area contributed by atoms with Gasteiger partial charge in [-0.05, 0) is 24.0 Å². The Morgan fingerprint density at radius 3 is 2.07 bits per heavy atom. The molecule has 14 heavy (non-hydrogen) atoms. The highest BCUT2D eigenvalue weighted by Crippen LogP contribution is 2.35. The molecular formula is C11H16ClNO. The Labute approximate surface area is 90.5 Å². The Balaban J connectivity index is 0.000000980. The first-order valence-electron chi connectivity index (χ1n) is 4.67. The molecule has 0 heterocycles. The van der Waals surface area contributed by atoms with E-state index in [1.807, 2.05) is 12.1 Å². The molecule has 0 amide bonds. The van der Waals surface area contributed by atoms with Crippen molar-refractivity contribution in [2.45, 2.75) is 12.8 Å². The molecule has 3 heteroatoms. The molecule has 2 rings (SSSR count). The zero-order chi connectivity index (χ0) is 9.31. The van der Waals surface area contributed by atoms with E-state index >= 15 is 0 Å². The fourth-order valence-corrected chi connectivity index (χ4v) is 2.09. The van der Waals surface area contributed by atoms with Crippen LogP contribution < -0.4 is 5.73 Å². The van der Waals surface area contributed by atoms with Gasteiger partial charge >= 0.3 is 0 Å². The molecule has 0 aliphatic heterocycles. The maximum absolute atomic E-state index is 9.31. The quantitative estimate of drug-likeness (QED) is 0.774. The summed E-state index contributed by atoms with van der Waals surface area (Å²) in [6.45, 7) is 0.760. The van der Waals surface area contributed by atoms with Crippen LogP contribution in [0.25, 0.3) is 0 Å². The number of fused-ring (bicyclic) bond motifs is 1. The van der Waals surface area contributed by atoms with Gasteiger partial charge in [0.1, 0.15) is 0 Å². The first kappa shape index (κ1) is 11.5. The number of hydrogen-bond acceptors (Lipinski definition) is 2. The van der Waals surface area contributed by atoms with Crippen LogP contribution >= 0.6 is 12.4 Å². The fourth-order valence-electron chi connectivity index (χ4n) is 2.09. The van der Waals surface area contributed by atoms with E-state index in [2.05, 4.69) is 12.1 Å². The Hall–Kier alpha value is -0.570. The minimum atomic E-state index is -0.0797. The lowest BCUT2D eigenvalue weighted by Gasteiger charge is -2.23. The Kier molecular flexibility index (Phi) is 3.53. The lowest BCUT2D eigenvalue weighted by Crippen LogP contribution is -2.34. The Morgan fingerprint density at radius 1 is 1.21 bits per heavy atom. The van der Waals surface area contributed by atoms with Gasteiger partial charge in [0.25, 0.3) is 0 Å². The zero-order valence-electron chi connectivity index (χ0n) is 8.07. The fraction of sp³-hybridized carbons (Fsp3) is 0.455. The van der Waals surface area contributed by atoms with Crippen LogP contribution in [0.4, 0.5) is 0 Å². The van der Waals surface area contributed by atoms with Crippen molar-refractivity contribution in [1.82, 2.24) is 0 Å². The normalized spacial score (nSPS) is 17.3. The van der Waals surface area contributed by atoms with Crippen LogP contribution in [0.5, 0.6) is 0 Å². The standard InChI is InChI=1S/C11H15NO.ClH/c12-7-11(8-13)5-9-3-1-2-4-10(9)6-11;/h1-4,13H,5-8,12H2;1H. The van der Waals surface area contributed by atoms with Gasteiger partial charge in [0.2, 0.25) is 0 Å². The van der Waals surface area contributed by atoms with E-state index < -0.39 is 0 Å². The maximum atomic E-state index is 9.31. The SMILES string of the molecule is Cl.NCC1(CO)Cc2ccccc2C1. The molecule has 0 saturated heterocycles. The van der Waals surface area contributed by atoms with Crippen molar-refractivity contribution in [2.24, 2.45) is 11.1 Å². The summed E-state index contributed by atoms with van der Waals surface area (Å²) < 4.78 is 0. The van der Waals surface area contributed by atoms with Crippen LogP contribution in [0.15, 0.2) is 24.3 Å². The van der Waals surface area contributed by atoms with Gasteiger partial charge < -0.3 is 10.8 Å². The highest BCUT2D eigenvalue weighted by atomic mass is 35.5. The van der Waals surface area contributed by atoms with Gasteiger partial charge in [0, 0.05) is 12.0 Å². The van der Waals surface area contributed by atoms with Crippen LogP contribution in [-0.2, 0) is 12.8 Å². The largest absolute Gasteiger partial charge is 0.396 e. The van der Waals surface area contributed by atoms with Crippen molar-refractivity contribution in [1.29, 1.82) is 0 Å². The second-order valence-corrected chi connectivity index (χ2v) is 3.98. The lowest BCUT2D eigenvalue weighted by atomic mass is 9.86. The number of aliphatic hydroxyl groups excluding tert-OH is 1. The second kappa shape index (κ2) is 4.30. The van der Waals surface area contributed by atoms with E-state index in [4.69, 9.17) is 5.73 Å². The minimum Gasteiger partial charge on any atom is -0.396 e. The summed E-state index contributed by atoms with van der Waals surface area (Å²) in [6, 6.07) is 8.34. The molecule has 78 valence electrons. The third kappa shape index (κ3) is 1.78. The summed E-state index contributed by atoms with van der Waals surface area (Å²) in [5, 5.41) is 9.31. The number of halogens is 1. The highest BCUT2D eigenvalue weighted by molar-refractivity contribution is 5.85. The smallest absolute Gasteiger partial charge is 0.0505 e. The van der Waals surface area contributed by atoms with E-state index in [1.165, 1.54) is 11.1 Å². The molecule has 2 nitrogen and oxygen atoms in total. The van der Waals surface area contributed by atoms with Crippen molar-refractivity contribution in [3.05, 3.63) is 35.4 Å². The second-order valence-electron chi connectivity index (χ2n) is 3.98. The van der Waals surface area contributed by atoms with Crippen molar-refractivity contribution in [3.63, 3.8) is 0 Å². The molecule has 0 aromatic heterocycles. The van der Waals surface area contributed by atoms with Crippen LogP contribution in [0.2, 0.25) is 0 Å². The molecule has 0 radical (unpaired) electrons. The molecule has 0 fully saturated rings. The van der Waals surface area contributed by atoms with E-state index in [9.17, 15) is 5.11 Å². The van der Waals surface area contributed by atoms with Gasteiger partial charge in [0.05, 0.1) is 6.61 Å². The first-order chi connectivity index (χ1) is 6.29. The summed E-state index contributed by atoms with van der Waals surface area (Å²) in [5.41, 5.74) is 8.32. The van der Waals surface area contributed by atoms with Gasteiger partial charge in [-0.3, -0.25) is 0 Å². The van der Waals surface area contributed by atoms with Crippen LogP contribution in [0.1, 0.15) is 11.1 Å². The molecule has 1 aliphatic rings. The number of rotatable bonds is 2. The molecule has 0 unspecified atom stereocenters.